The first-order valence-corrected chi connectivity index (χ1v) is 4.67. The van der Waals surface area contributed by atoms with Gasteiger partial charge in [-0.1, -0.05) is 19.9 Å². The molecule has 0 atom stereocenters. The molecule has 11 heavy (non-hydrogen) atoms. The largest absolute Gasteiger partial charge is 0.366 e. The van der Waals surface area contributed by atoms with Crippen LogP contribution in [-0.2, 0) is 4.57 Å². The minimum absolute atomic E-state index is 0.0303. The summed E-state index contributed by atoms with van der Waals surface area (Å²) in [6.45, 7) is 3.49. The molecule has 0 aliphatic heterocycles. The van der Waals surface area contributed by atoms with Gasteiger partial charge in [-0.3, -0.25) is 4.57 Å². The summed E-state index contributed by atoms with van der Waals surface area (Å²) < 4.78 is 10.5. The highest BCUT2D eigenvalue weighted by molar-refractivity contribution is 7.56. The van der Waals surface area contributed by atoms with Crippen molar-refractivity contribution in [2.75, 3.05) is 0 Å². The third-order valence-corrected chi connectivity index (χ3v) is 1.80. The van der Waals surface area contributed by atoms with E-state index in [0.717, 1.165) is 0 Å². The van der Waals surface area contributed by atoms with Crippen LogP contribution in [0.15, 0.2) is 11.4 Å². The Bertz CT molecular complexity index is 245. The highest BCUT2D eigenvalue weighted by Crippen LogP contribution is 2.44. The normalized spacial score (nSPS) is 13.3. The van der Waals surface area contributed by atoms with Gasteiger partial charge in [-0.25, -0.2) is 0 Å². The molecule has 0 fully saturated rings. The molecule has 0 aromatic carbocycles. The van der Waals surface area contributed by atoms with Crippen LogP contribution in [0.4, 0.5) is 0 Å². The topological polar surface area (TPSA) is 81.3 Å². The molecular formula is C6H10NO3P. The maximum atomic E-state index is 10.5. The van der Waals surface area contributed by atoms with E-state index in [9.17, 15) is 4.57 Å². The number of rotatable bonds is 2. The Labute approximate surface area is 65.3 Å². The minimum atomic E-state index is -4.33. The van der Waals surface area contributed by atoms with E-state index in [1.807, 2.05) is 0 Å². The first kappa shape index (κ1) is 10.4. The fraction of sp³-hybridized carbons (Fsp3) is 0.500. The van der Waals surface area contributed by atoms with Crippen molar-refractivity contribution >= 4 is 7.60 Å². The molecule has 0 spiro atoms. The molecule has 0 saturated carbocycles. The van der Waals surface area contributed by atoms with Crippen molar-refractivity contribution in [2.45, 2.75) is 13.8 Å². The zero-order valence-electron chi connectivity index (χ0n) is 6.35. The molecule has 0 unspecified atom stereocenters. The van der Waals surface area contributed by atoms with Crippen LogP contribution < -0.4 is 0 Å². The molecule has 0 bridgehead atoms. The van der Waals surface area contributed by atoms with Crippen molar-refractivity contribution in [3.8, 4) is 6.07 Å². The standard InChI is InChI=1S/C6H10NO3P/c1-5(2)3-6(4-7)11(8,9)10/h3,5H,1-2H3,(H2,8,9,10)/b6-3-. The lowest BCUT2D eigenvalue weighted by Crippen LogP contribution is -1.86. The summed E-state index contributed by atoms with van der Waals surface area (Å²) in [5.41, 5.74) is 0. The van der Waals surface area contributed by atoms with E-state index in [2.05, 4.69) is 0 Å². The van der Waals surface area contributed by atoms with Crippen LogP contribution in [0.5, 0.6) is 0 Å². The quantitative estimate of drug-likeness (QED) is 0.488. The zero-order valence-corrected chi connectivity index (χ0v) is 7.25. The van der Waals surface area contributed by atoms with Gasteiger partial charge in [-0.2, -0.15) is 5.26 Å². The predicted octanol–water partition coefficient (Wildman–Crippen LogP) is 1.23. The lowest BCUT2D eigenvalue weighted by Gasteiger charge is -2.01. The Balaban J connectivity index is 4.74. The fourth-order valence-corrected chi connectivity index (χ4v) is 1.14. The van der Waals surface area contributed by atoms with Crippen LogP contribution in [0.2, 0.25) is 0 Å². The minimum Gasteiger partial charge on any atom is -0.321 e. The van der Waals surface area contributed by atoms with Gasteiger partial charge in [0.1, 0.15) is 11.4 Å². The second-order valence-electron chi connectivity index (χ2n) is 2.45. The summed E-state index contributed by atoms with van der Waals surface area (Å²) in [5, 5.41) is 7.85. The van der Waals surface area contributed by atoms with E-state index in [1.165, 1.54) is 12.1 Å². The molecular weight excluding hydrogens is 165 g/mol. The summed E-state index contributed by atoms with van der Waals surface area (Å²) in [6.07, 6.45) is 1.26. The van der Waals surface area contributed by atoms with Crippen molar-refractivity contribution in [1.29, 1.82) is 5.26 Å². The Kier molecular flexibility index (Phi) is 3.47. The maximum absolute atomic E-state index is 10.5. The average molecular weight is 175 g/mol. The molecule has 0 radical (unpaired) electrons. The monoisotopic (exact) mass is 175 g/mol. The second kappa shape index (κ2) is 3.68. The Hall–Kier alpha value is -0.620. The van der Waals surface area contributed by atoms with E-state index in [1.54, 1.807) is 13.8 Å². The molecule has 4 nitrogen and oxygen atoms in total. The zero-order chi connectivity index (χ0) is 9.07. The highest BCUT2D eigenvalue weighted by atomic mass is 31.2. The lowest BCUT2D eigenvalue weighted by molar-refractivity contribution is 0.383. The smallest absolute Gasteiger partial charge is 0.321 e. The summed E-state index contributed by atoms with van der Waals surface area (Å²) in [5.74, 6) is -0.0303. The maximum Gasteiger partial charge on any atom is 0.366 e. The van der Waals surface area contributed by atoms with E-state index >= 15 is 0 Å². The van der Waals surface area contributed by atoms with Gasteiger partial charge >= 0.3 is 7.60 Å². The number of hydrogen-bond donors (Lipinski definition) is 2. The van der Waals surface area contributed by atoms with Crippen LogP contribution in [-0.4, -0.2) is 9.79 Å². The van der Waals surface area contributed by atoms with Gasteiger partial charge in [0.2, 0.25) is 0 Å². The van der Waals surface area contributed by atoms with E-state index in [0.29, 0.717) is 0 Å². The second-order valence-corrected chi connectivity index (χ2v) is 4.02. The molecule has 0 saturated heterocycles. The van der Waals surface area contributed by atoms with E-state index in [4.69, 9.17) is 15.0 Å². The first-order chi connectivity index (χ1) is 4.88. The van der Waals surface area contributed by atoms with E-state index < -0.39 is 12.9 Å². The van der Waals surface area contributed by atoms with Gasteiger partial charge in [-0.05, 0) is 5.92 Å². The summed E-state index contributed by atoms with van der Waals surface area (Å²) in [4.78, 5) is 17.1. The Morgan fingerprint density at radius 2 is 2.09 bits per heavy atom. The number of allylic oxidation sites excluding steroid dienone is 2. The van der Waals surface area contributed by atoms with Crippen molar-refractivity contribution in [3.05, 3.63) is 11.4 Å². The predicted molar refractivity (Wildman–Crippen MR) is 40.6 cm³/mol. The number of hydrogen-bond acceptors (Lipinski definition) is 2. The molecule has 0 aromatic heterocycles. The van der Waals surface area contributed by atoms with E-state index in [-0.39, 0.29) is 5.92 Å². The molecule has 0 amide bonds. The van der Waals surface area contributed by atoms with Gasteiger partial charge in [0, 0.05) is 0 Å². The van der Waals surface area contributed by atoms with Crippen molar-refractivity contribution in [2.24, 2.45) is 5.92 Å². The van der Waals surface area contributed by atoms with Gasteiger partial charge in [0.05, 0.1) is 0 Å². The number of nitrogens with zero attached hydrogens (tertiary/aromatic N) is 1. The SMILES string of the molecule is CC(C)/C=C(/C#N)P(=O)(O)O. The third-order valence-electron chi connectivity index (χ3n) is 0.920. The molecule has 5 heteroatoms. The molecule has 2 N–H and O–H groups in total. The van der Waals surface area contributed by atoms with Crippen molar-refractivity contribution in [1.82, 2.24) is 0 Å². The van der Waals surface area contributed by atoms with Crippen molar-refractivity contribution < 1.29 is 14.4 Å². The van der Waals surface area contributed by atoms with Gasteiger partial charge in [0.25, 0.3) is 0 Å². The number of nitriles is 1. The third kappa shape index (κ3) is 3.94. The van der Waals surface area contributed by atoms with Crippen LogP contribution in [0.1, 0.15) is 13.8 Å². The van der Waals surface area contributed by atoms with Gasteiger partial charge in [-0.15, -0.1) is 0 Å². The van der Waals surface area contributed by atoms with Crippen LogP contribution in [0.3, 0.4) is 0 Å². The first-order valence-electron chi connectivity index (χ1n) is 3.06. The molecule has 62 valence electrons. The summed E-state index contributed by atoms with van der Waals surface area (Å²) >= 11 is 0. The molecule has 0 aromatic rings. The fourth-order valence-electron chi connectivity index (χ4n) is 0.515. The van der Waals surface area contributed by atoms with Crippen LogP contribution in [0, 0.1) is 17.2 Å². The molecule has 0 rings (SSSR count). The molecule has 0 aliphatic rings. The average Bonchev–Trinajstić information content (AvgIpc) is 1.79. The lowest BCUT2D eigenvalue weighted by atomic mass is 10.2. The summed E-state index contributed by atoms with van der Waals surface area (Å²) in [6, 6.07) is 1.47. The van der Waals surface area contributed by atoms with Gasteiger partial charge < -0.3 is 9.79 Å². The highest BCUT2D eigenvalue weighted by Gasteiger charge is 2.20. The molecule has 0 heterocycles. The van der Waals surface area contributed by atoms with Crippen molar-refractivity contribution in [3.63, 3.8) is 0 Å². The Morgan fingerprint density at radius 1 is 1.64 bits per heavy atom. The summed E-state index contributed by atoms with van der Waals surface area (Å²) in [7, 11) is -4.33. The van der Waals surface area contributed by atoms with Crippen LogP contribution >= 0.6 is 7.60 Å². The molecule has 0 aliphatic carbocycles. The Morgan fingerprint density at radius 3 is 2.18 bits per heavy atom. The van der Waals surface area contributed by atoms with Gasteiger partial charge in [0.15, 0.2) is 0 Å². The van der Waals surface area contributed by atoms with Crippen LogP contribution in [0.25, 0.3) is 0 Å².